The molecule has 1 atom stereocenters. The molecule has 0 unspecified atom stereocenters. The Hall–Kier alpha value is -0.650. The maximum Gasteiger partial charge on any atom is 0.255 e. The Morgan fingerprint density at radius 1 is 1.56 bits per heavy atom. The first-order valence-corrected chi connectivity index (χ1v) is 6.61. The summed E-state index contributed by atoms with van der Waals surface area (Å²) in [6, 6.07) is 0.316. The van der Waals surface area contributed by atoms with E-state index in [4.69, 9.17) is 4.74 Å². The van der Waals surface area contributed by atoms with E-state index in [9.17, 15) is 9.90 Å². The number of methoxy groups -OCH3 is 1. The molecule has 1 heterocycles. The highest BCUT2D eigenvalue weighted by molar-refractivity contribution is 5.86. The highest BCUT2D eigenvalue weighted by atomic mass is 16.5. The molecule has 5 nitrogen and oxygen atoms in total. The van der Waals surface area contributed by atoms with Crippen LogP contribution in [0.25, 0.3) is 0 Å². The zero-order valence-electron chi connectivity index (χ0n) is 12.0. The van der Waals surface area contributed by atoms with Crippen LogP contribution < -0.4 is 0 Å². The molecule has 0 aromatic rings. The van der Waals surface area contributed by atoms with Gasteiger partial charge in [0, 0.05) is 32.8 Å². The fourth-order valence-corrected chi connectivity index (χ4v) is 2.22. The van der Waals surface area contributed by atoms with Crippen molar-refractivity contribution in [3.8, 4) is 0 Å². The molecular weight excluding hydrogens is 232 g/mol. The summed E-state index contributed by atoms with van der Waals surface area (Å²) in [6.45, 7) is 6.30. The Morgan fingerprint density at radius 2 is 2.22 bits per heavy atom. The first kappa shape index (κ1) is 15.4. The molecule has 0 aromatic heterocycles. The number of likely N-dealkylation sites (tertiary alicyclic amines) is 1. The van der Waals surface area contributed by atoms with Gasteiger partial charge in [0.15, 0.2) is 5.60 Å². The summed E-state index contributed by atoms with van der Waals surface area (Å²) in [6.07, 6.45) is 1.39. The van der Waals surface area contributed by atoms with Crippen LogP contribution in [0.1, 0.15) is 26.7 Å². The molecular formula is C13H26N2O3. The minimum atomic E-state index is -1.23. The number of hydrogen-bond acceptors (Lipinski definition) is 4. The van der Waals surface area contributed by atoms with Gasteiger partial charge in [-0.25, -0.2) is 0 Å². The third-order valence-electron chi connectivity index (χ3n) is 3.66. The second-order valence-electron chi connectivity index (χ2n) is 5.43. The molecule has 1 rings (SSSR count). The molecule has 106 valence electrons. The highest BCUT2D eigenvalue weighted by Gasteiger charge is 2.42. The average Bonchev–Trinajstić information content (AvgIpc) is 2.31. The lowest BCUT2D eigenvalue weighted by atomic mass is 9.91. The van der Waals surface area contributed by atoms with Crippen molar-refractivity contribution < 1.29 is 14.6 Å². The van der Waals surface area contributed by atoms with Gasteiger partial charge in [0.1, 0.15) is 0 Å². The number of ether oxygens (including phenoxy) is 1. The van der Waals surface area contributed by atoms with Crippen LogP contribution in [0.2, 0.25) is 0 Å². The molecule has 0 bridgehead atoms. The quantitative estimate of drug-likeness (QED) is 0.746. The smallest absolute Gasteiger partial charge is 0.255 e. The van der Waals surface area contributed by atoms with E-state index in [1.165, 1.54) is 0 Å². The second-order valence-corrected chi connectivity index (χ2v) is 5.43. The predicted octanol–water partition coefficient (Wildman–Crippen LogP) is 0.327. The van der Waals surface area contributed by atoms with Gasteiger partial charge in [-0.1, -0.05) is 0 Å². The van der Waals surface area contributed by atoms with Crippen molar-refractivity contribution in [2.75, 3.05) is 40.4 Å². The first-order chi connectivity index (χ1) is 8.40. The standard InChI is InChI=1S/C13H26N2O3/c1-11(2)14(3)10-13(17)6-5-7-15(12(13)16)8-9-18-4/h11,17H,5-10H2,1-4H3/t13-/m1/s1. The molecule has 1 N–H and O–H groups in total. The van der Waals surface area contributed by atoms with Crippen molar-refractivity contribution in [2.24, 2.45) is 0 Å². The van der Waals surface area contributed by atoms with Crippen LogP contribution in [0.3, 0.4) is 0 Å². The molecule has 0 aromatic carbocycles. The Labute approximate surface area is 110 Å². The number of rotatable bonds is 6. The molecule has 1 fully saturated rings. The minimum absolute atomic E-state index is 0.154. The van der Waals surface area contributed by atoms with Crippen LogP contribution in [0.4, 0.5) is 0 Å². The van der Waals surface area contributed by atoms with Crippen LogP contribution in [0.5, 0.6) is 0 Å². The number of carbonyl (C=O) groups excluding carboxylic acids is 1. The highest BCUT2D eigenvalue weighted by Crippen LogP contribution is 2.24. The van der Waals surface area contributed by atoms with Gasteiger partial charge in [0.2, 0.25) is 0 Å². The van der Waals surface area contributed by atoms with Crippen molar-refractivity contribution in [1.29, 1.82) is 0 Å². The molecule has 0 radical (unpaired) electrons. The van der Waals surface area contributed by atoms with E-state index in [-0.39, 0.29) is 5.91 Å². The zero-order valence-corrected chi connectivity index (χ0v) is 12.0. The fraction of sp³-hybridized carbons (Fsp3) is 0.923. The topological polar surface area (TPSA) is 53.0 Å². The van der Waals surface area contributed by atoms with Crippen molar-refractivity contribution in [2.45, 2.75) is 38.3 Å². The Balaban J connectivity index is 2.65. The number of amides is 1. The van der Waals surface area contributed by atoms with Gasteiger partial charge in [-0.2, -0.15) is 0 Å². The van der Waals surface area contributed by atoms with E-state index in [2.05, 4.69) is 13.8 Å². The van der Waals surface area contributed by atoms with E-state index in [0.717, 1.165) is 13.0 Å². The summed E-state index contributed by atoms with van der Waals surface area (Å²) in [5.74, 6) is -0.154. The summed E-state index contributed by atoms with van der Waals surface area (Å²) in [5, 5.41) is 10.6. The average molecular weight is 258 g/mol. The lowest BCUT2D eigenvalue weighted by Crippen LogP contribution is -2.59. The van der Waals surface area contributed by atoms with Crippen LogP contribution in [-0.4, -0.2) is 72.9 Å². The van der Waals surface area contributed by atoms with Crippen molar-refractivity contribution in [1.82, 2.24) is 9.80 Å². The zero-order chi connectivity index (χ0) is 13.8. The number of nitrogens with zero attached hydrogens (tertiary/aromatic N) is 2. The SMILES string of the molecule is COCCN1CCC[C@@](O)(CN(C)C(C)C)C1=O. The van der Waals surface area contributed by atoms with E-state index >= 15 is 0 Å². The number of piperidine rings is 1. The van der Waals surface area contributed by atoms with Crippen LogP contribution >= 0.6 is 0 Å². The van der Waals surface area contributed by atoms with E-state index in [1.807, 2.05) is 11.9 Å². The normalized spacial score (nSPS) is 25.3. The van der Waals surface area contributed by atoms with Gasteiger partial charge < -0.3 is 19.6 Å². The monoisotopic (exact) mass is 258 g/mol. The summed E-state index contributed by atoms with van der Waals surface area (Å²) in [7, 11) is 3.55. The third kappa shape index (κ3) is 3.67. The maximum absolute atomic E-state index is 12.3. The summed E-state index contributed by atoms with van der Waals surface area (Å²) < 4.78 is 4.99. The summed E-state index contributed by atoms with van der Waals surface area (Å²) in [4.78, 5) is 16.0. The maximum atomic E-state index is 12.3. The van der Waals surface area contributed by atoms with Crippen LogP contribution in [0, 0.1) is 0 Å². The van der Waals surface area contributed by atoms with E-state index in [0.29, 0.717) is 32.2 Å². The fourth-order valence-electron chi connectivity index (χ4n) is 2.22. The molecule has 18 heavy (non-hydrogen) atoms. The number of hydrogen-bond donors (Lipinski definition) is 1. The van der Waals surface area contributed by atoms with Gasteiger partial charge >= 0.3 is 0 Å². The number of carbonyl (C=O) groups is 1. The Bertz CT molecular complexity index is 283. The van der Waals surface area contributed by atoms with Gasteiger partial charge in [-0.15, -0.1) is 0 Å². The Morgan fingerprint density at radius 3 is 2.78 bits per heavy atom. The first-order valence-electron chi connectivity index (χ1n) is 6.61. The Kier molecular flexibility index (Phi) is 5.56. The third-order valence-corrected chi connectivity index (χ3v) is 3.66. The van der Waals surface area contributed by atoms with Gasteiger partial charge in [-0.3, -0.25) is 4.79 Å². The van der Waals surface area contributed by atoms with Crippen molar-refractivity contribution >= 4 is 5.91 Å². The summed E-state index contributed by atoms with van der Waals surface area (Å²) >= 11 is 0. The molecule has 0 saturated carbocycles. The van der Waals surface area contributed by atoms with Gasteiger partial charge in [0.05, 0.1) is 6.61 Å². The van der Waals surface area contributed by atoms with Crippen LogP contribution in [0.15, 0.2) is 0 Å². The summed E-state index contributed by atoms with van der Waals surface area (Å²) in [5.41, 5.74) is -1.23. The molecule has 1 amide bonds. The van der Waals surface area contributed by atoms with Crippen molar-refractivity contribution in [3.05, 3.63) is 0 Å². The van der Waals surface area contributed by atoms with E-state index in [1.54, 1.807) is 12.0 Å². The number of aliphatic hydroxyl groups is 1. The predicted molar refractivity (Wildman–Crippen MR) is 70.4 cm³/mol. The molecule has 1 saturated heterocycles. The van der Waals surface area contributed by atoms with E-state index < -0.39 is 5.60 Å². The molecule has 1 aliphatic heterocycles. The second kappa shape index (κ2) is 6.50. The molecule has 5 heteroatoms. The van der Waals surface area contributed by atoms with Crippen molar-refractivity contribution in [3.63, 3.8) is 0 Å². The lowest BCUT2D eigenvalue weighted by molar-refractivity contribution is -0.160. The number of likely N-dealkylation sites (N-methyl/N-ethyl adjacent to an activating group) is 1. The molecule has 0 spiro atoms. The van der Waals surface area contributed by atoms with Gasteiger partial charge in [0.25, 0.3) is 5.91 Å². The molecule has 0 aliphatic carbocycles. The van der Waals surface area contributed by atoms with Gasteiger partial charge in [-0.05, 0) is 33.7 Å². The van der Waals surface area contributed by atoms with Crippen LogP contribution in [-0.2, 0) is 9.53 Å². The lowest BCUT2D eigenvalue weighted by Gasteiger charge is -2.40. The largest absolute Gasteiger partial charge is 0.383 e. The minimum Gasteiger partial charge on any atom is -0.383 e. The molecule has 1 aliphatic rings.